The number of esters is 1. The maximum absolute atomic E-state index is 12.6. The highest BCUT2D eigenvalue weighted by molar-refractivity contribution is 7.89. The van der Waals surface area contributed by atoms with Crippen LogP contribution in [-0.2, 0) is 26.0 Å². The van der Waals surface area contributed by atoms with E-state index in [2.05, 4.69) is 0 Å². The lowest BCUT2D eigenvalue weighted by Gasteiger charge is -2.22. The standard InChI is InChI=1S/C20H22N2O5S/c1-14-12-16-6-4-5-7-18(16)22(14)19(23)13-27-20(24)15-8-10-17(11-9-15)28(25,26)21(2)3/h4-11,14H,12-13H2,1-3H3/t14-/m0/s1. The van der Waals surface area contributed by atoms with E-state index in [9.17, 15) is 18.0 Å². The van der Waals surface area contributed by atoms with E-state index in [1.807, 2.05) is 31.2 Å². The van der Waals surface area contributed by atoms with Gasteiger partial charge in [-0.05, 0) is 49.2 Å². The van der Waals surface area contributed by atoms with Crippen LogP contribution in [-0.4, -0.2) is 51.3 Å². The van der Waals surface area contributed by atoms with Crippen LogP contribution in [0.15, 0.2) is 53.4 Å². The Morgan fingerprint density at radius 2 is 1.75 bits per heavy atom. The average molecular weight is 402 g/mol. The van der Waals surface area contributed by atoms with E-state index >= 15 is 0 Å². The average Bonchev–Trinajstić information content (AvgIpc) is 3.01. The monoisotopic (exact) mass is 402 g/mol. The Hall–Kier alpha value is -2.71. The zero-order valence-corrected chi connectivity index (χ0v) is 16.8. The molecule has 28 heavy (non-hydrogen) atoms. The van der Waals surface area contributed by atoms with Crippen molar-refractivity contribution in [3.63, 3.8) is 0 Å². The first kappa shape index (κ1) is 20.0. The van der Waals surface area contributed by atoms with Gasteiger partial charge in [0, 0.05) is 25.8 Å². The second kappa shape index (κ2) is 7.73. The van der Waals surface area contributed by atoms with E-state index in [0.29, 0.717) is 0 Å². The fraction of sp³-hybridized carbons (Fsp3) is 0.300. The summed E-state index contributed by atoms with van der Waals surface area (Å²) in [5.41, 5.74) is 2.11. The normalized spacial score (nSPS) is 16.1. The van der Waals surface area contributed by atoms with Crippen LogP contribution in [0.3, 0.4) is 0 Å². The van der Waals surface area contributed by atoms with E-state index in [4.69, 9.17) is 4.74 Å². The Labute approximate surface area is 164 Å². The molecule has 1 aliphatic rings. The highest BCUT2D eigenvalue weighted by atomic mass is 32.2. The molecular formula is C20H22N2O5S. The Balaban J connectivity index is 1.65. The zero-order chi connectivity index (χ0) is 20.5. The highest BCUT2D eigenvalue weighted by Crippen LogP contribution is 2.31. The van der Waals surface area contributed by atoms with Gasteiger partial charge >= 0.3 is 5.97 Å². The summed E-state index contributed by atoms with van der Waals surface area (Å²) in [4.78, 5) is 26.5. The molecule has 0 fully saturated rings. The molecule has 0 aliphatic carbocycles. The molecule has 1 aliphatic heterocycles. The van der Waals surface area contributed by atoms with Gasteiger partial charge in [-0.25, -0.2) is 17.5 Å². The molecule has 3 rings (SSSR count). The minimum absolute atomic E-state index is 0.000810. The molecule has 0 spiro atoms. The number of carbonyl (C=O) groups excluding carboxylic acids is 2. The number of fused-ring (bicyclic) bond motifs is 1. The van der Waals surface area contributed by atoms with Gasteiger partial charge in [-0.15, -0.1) is 0 Å². The van der Waals surface area contributed by atoms with Crippen molar-refractivity contribution in [3.05, 3.63) is 59.7 Å². The van der Waals surface area contributed by atoms with Crippen molar-refractivity contribution in [3.8, 4) is 0 Å². The predicted molar refractivity (Wildman–Crippen MR) is 105 cm³/mol. The lowest BCUT2D eigenvalue weighted by Crippen LogP contribution is -2.38. The van der Waals surface area contributed by atoms with Crippen molar-refractivity contribution < 1.29 is 22.7 Å². The number of anilines is 1. The number of carbonyl (C=O) groups is 2. The molecule has 7 nitrogen and oxygen atoms in total. The minimum Gasteiger partial charge on any atom is -0.452 e. The lowest BCUT2D eigenvalue weighted by atomic mass is 10.1. The van der Waals surface area contributed by atoms with Crippen LogP contribution in [0.5, 0.6) is 0 Å². The van der Waals surface area contributed by atoms with Gasteiger partial charge in [-0.3, -0.25) is 4.79 Å². The smallest absolute Gasteiger partial charge is 0.338 e. The van der Waals surface area contributed by atoms with Crippen molar-refractivity contribution >= 4 is 27.6 Å². The Morgan fingerprint density at radius 1 is 1.11 bits per heavy atom. The maximum Gasteiger partial charge on any atom is 0.338 e. The van der Waals surface area contributed by atoms with Crippen molar-refractivity contribution in [2.24, 2.45) is 0 Å². The Kier molecular flexibility index (Phi) is 5.53. The van der Waals surface area contributed by atoms with E-state index in [0.717, 1.165) is 22.0 Å². The maximum atomic E-state index is 12.6. The molecule has 2 aromatic rings. The molecule has 0 aromatic heterocycles. The van der Waals surface area contributed by atoms with Crippen LogP contribution in [0.2, 0.25) is 0 Å². The third-order valence-corrected chi connectivity index (χ3v) is 6.50. The summed E-state index contributed by atoms with van der Waals surface area (Å²) < 4.78 is 30.4. The topological polar surface area (TPSA) is 84.0 Å². The van der Waals surface area contributed by atoms with Crippen LogP contribution in [0, 0.1) is 0 Å². The summed E-state index contributed by atoms with van der Waals surface area (Å²) in [5.74, 6) is -0.972. The van der Waals surface area contributed by atoms with Crippen molar-refractivity contribution in [1.82, 2.24) is 4.31 Å². The molecule has 0 unspecified atom stereocenters. The molecule has 0 saturated heterocycles. The molecular weight excluding hydrogens is 380 g/mol. The highest BCUT2D eigenvalue weighted by Gasteiger charge is 2.31. The third kappa shape index (κ3) is 3.79. The third-order valence-electron chi connectivity index (χ3n) is 4.67. The Morgan fingerprint density at radius 3 is 2.39 bits per heavy atom. The number of para-hydroxylation sites is 1. The number of ether oxygens (including phenoxy) is 1. The van der Waals surface area contributed by atoms with Crippen LogP contribution >= 0.6 is 0 Å². The molecule has 1 heterocycles. The van der Waals surface area contributed by atoms with Gasteiger partial charge in [0.05, 0.1) is 10.5 Å². The van der Waals surface area contributed by atoms with Crippen molar-refractivity contribution in [2.45, 2.75) is 24.3 Å². The van der Waals surface area contributed by atoms with Crippen LogP contribution in [0.4, 0.5) is 5.69 Å². The van der Waals surface area contributed by atoms with Crippen LogP contribution in [0.25, 0.3) is 0 Å². The van der Waals surface area contributed by atoms with Gasteiger partial charge < -0.3 is 9.64 Å². The van der Waals surface area contributed by atoms with E-state index < -0.39 is 16.0 Å². The fourth-order valence-corrected chi connectivity index (χ4v) is 4.10. The summed E-state index contributed by atoms with van der Waals surface area (Å²) in [6.45, 7) is 1.57. The first-order valence-corrected chi connectivity index (χ1v) is 10.3. The first-order chi connectivity index (χ1) is 13.2. The van der Waals surface area contributed by atoms with Gasteiger partial charge in [-0.2, -0.15) is 0 Å². The molecule has 1 amide bonds. The van der Waals surface area contributed by atoms with Gasteiger partial charge in [0.25, 0.3) is 5.91 Å². The van der Waals surface area contributed by atoms with Gasteiger partial charge in [-0.1, -0.05) is 18.2 Å². The molecule has 148 valence electrons. The number of hydrogen-bond donors (Lipinski definition) is 0. The van der Waals surface area contributed by atoms with E-state index in [1.165, 1.54) is 38.4 Å². The van der Waals surface area contributed by atoms with Crippen LogP contribution < -0.4 is 4.90 Å². The number of nitrogens with zero attached hydrogens (tertiary/aromatic N) is 2. The summed E-state index contributed by atoms with van der Waals surface area (Å²) in [6, 6.07) is 13.1. The first-order valence-electron chi connectivity index (χ1n) is 8.81. The number of rotatable bonds is 5. The SMILES string of the molecule is C[C@H]1Cc2ccccc2N1C(=O)COC(=O)c1ccc(S(=O)(=O)N(C)C)cc1. The number of amides is 1. The van der Waals surface area contributed by atoms with Crippen molar-refractivity contribution in [2.75, 3.05) is 25.6 Å². The fourth-order valence-electron chi connectivity index (χ4n) is 3.20. The summed E-state index contributed by atoms with van der Waals surface area (Å²) in [7, 11) is -0.708. The molecule has 2 aromatic carbocycles. The van der Waals surface area contributed by atoms with Gasteiger partial charge in [0.2, 0.25) is 10.0 Å². The minimum atomic E-state index is -3.57. The number of hydrogen-bond acceptors (Lipinski definition) is 5. The van der Waals surface area contributed by atoms with Gasteiger partial charge in [0.15, 0.2) is 6.61 Å². The molecule has 8 heteroatoms. The molecule has 1 atom stereocenters. The summed E-state index contributed by atoms with van der Waals surface area (Å²) in [5, 5.41) is 0. The number of sulfonamides is 1. The number of benzene rings is 2. The molecule has 0 saturated carbocycles. The Bertz CT molecular complexity index is 1000. The molecule has 0 N–H and O–H groups in total. The molecule has 0 radical (unpaired) electrons. The van der Waals surface area contributed by atoms with E-state index in [-0.39, 0.29) is 29.0 Å². The zero-order valence-electron chi connectivity index (χ0n) is 16.0. The predicted octanol–water partition coefficient (Wildman–Crippen LogP) is 2.07. The van der Waals surface area contributed by atoms with Gasteiger partial charge in [0.1, 0.15) is 0 Å². The molecule has 0 bridgehead atoms. The summed E-state index contributed by atoms with van der Waals surface area (Å²) in [6.07, 6.45) is 0.762. The second-order valence-electron chi connectivity index (χ2n) is 6.83. The second-order valence-corrected chi connectivity index (χ2v) is 8.99. The quantitative estimate of drug-likeness (QED) is 0.715. The van der Waals surface area contributed by atoms with Crippen molar-refractivity contribution in [1.29, 1.82) is 0 Å². The van der Waals surface area contributed by atoms with Crippen LogP contribution in [0.1, 0.15) is 22.8 Å². The van der Waals surface area contributed by atoms with E-state index in [1.54, 1.807) is 4.90 Å². The largest absolute Gasteiger partial charge is 0.452 e. The lowest BCUT2D eigenvalue weighted by molar-refractivity contribution is -0.122. The summed E-state index contributed by atoms with van der Waals surface area (Å²) >= 11 is 0.